The molecule has 16 heavy (non-hydrogen) atoms. The molecule has 0 fully saturated rings. The van der Waals surface area contributed by atoms with E-state index in [-0.39, 0.29) is 5.78 Å². The number of Topliss-reactive ketones (excluding diaryl/α,β-unsaturated/α-hetero) is 1. The summed E-state index contributed by atoms with van der Waals surface area (Å²) in [7, 11) is 5.43. The summed E-state index contributed by atoms with van der Waals surface area (Å²) in [6.45, 7) is 0. The van der Waals surface area contributed by atoms with Crippen LogP contribution in [0.5, 0.6) is 5.75 Å². The van der Waals surface area contributed by atoms with E-state index in [9.17, 15) is 4.79 Å². The van der Waals surface area contributed by atoms with E-state index in [1.807, 2.05) is 43.4 Å². The molecular weight excluding hydrogens is 202 g/mol. The van der Waals surface area contributed by atoms with Crippen molar-refractivity contribution in [2.24, 2.45) is 0 Å². The molecule has 84 valence electrons. The highest BCUT2D eigenvalue weighted by atomic mass is 16.5. The van der Waals surface area contributed by atoms with Crippen molar-refractivity contribution >= 4 is 5.78 Å². The van der Waals surface area contributed by atoms with Gasteiger partial charge in [0.05, 0.1) is 12.7 Å². The van der Waals surface area contributed by atoms with Crippen LogP contribution >= 0.6 is 0 Å². The number of carbonyl (C=O) groups is 1. The molecule has 0 atom stereocenters. The summed E-state index contributed by atoms with van der Waals surface area (Å²) in [5.41, 5.74) is 2.60. The van der Waals surface area contributed by atoms with E-state index in [1.54, 1.807) is 7.11 Å². The number of rotatable bonds is 2. The van der Waals surface area contributed by atoms with Crippen LogP contribution in [0.1, 0.15) is 15.9 Å². The first-order chi connectivity index (χ1) is 7.63. The average molecular weight is 217 g/mol. The number of ether oxygens (including phenoxy) is 1. The van der Waals surface area contributed by atoms with Crippen molar-refractivity contribution in [3.05, 3.63) is 41.1 Å². The lowest BCUT2D eigenvalue weighted by atomic mass is 10.1. The third kappa shape index (κ3) is 1.69. The van der Waals surface area contributed by atoms with Gasteiger partial charge in [-0.1, -0.05) is 12.1 Å². The molecule has 0 unspecified atom stereocenters. The highest BCUT2D eigenvalue weighted by Crippen LogP contribution is 2.33. The number of methoxy groups -OCH3 is 1. The predicted molar refractivity (Wildman–Crippen MR) is 62.8 cm³/mol. The van der Waals surface area contributed by atoms with Crippen LogP contribution in [0.15, 0.2) is 30.0 Å². The Morgan fingerprint density at radius 3 is 2.75 bits per heavy atom. The molecule has 0 amide bonds. The maximum atomic E-state index is 12.1. The number of ketones is 1. The summed E-state index contributed by atoms with van der Waals surface area (Å²) < 4.78 is 5.22. The number of allylic oxidation sites excluding steroid dienone is 1. The molecule has 3 heteroatoms. The van der Waals surface area contributed by atoms with Crippen molar-refractivity contribution in [3.8, 4) is 5.75 Å². The Bertz CT molecular complexity index is 461. The van der Waals surface area contributed by atoms with Crippen molar-refractivity contribution in [3.63, 3.8) is 0 Å². The third-order valence-electron chi connectivity index (χ3n) is 2.65. The lowest BCUT2D eigenvalue weighted by Gasteiger charge is -2.06. The van der Waals surface area contributed by atoms with Crippen LogP contribution < -0.4 is 4.74 Å². The van der Waals surface area contributed by atoms with E-state index in [4.69, 9.17) is 4.74 Å². The minimum absolute atomic E-state index is 0.0844. The van der Waals surface area contributed by atoms with E-state index in [2.05, 4.69) is 0 Å². The molecular formula is C13H15NO2. The maximum Gasteiger partial charge on any atom is 0.194 e. The summed E-state index contributed by atoms with van der Waals surface area (Å²) in [4.78, 5) is 14.0. The van der Waals surface area contributed by atoms with Gasteiger partial charge in [-0.15, -0.1) is 0 Å². The Morgan fingerprint density at radius 2 is 2.12 bits per heavy atom. The molecule has 0 bridgehead atoms. The van der Waals surface area contributed by atoms with Gasteiger partial charge in [0, 0.05) is 32.3 Å². The molecule has 0 aliphatic heterocycles. The SMILES string of the molecule is COc1cccc2c1C(=O)C(=CN(C)C)C2. The van der Waals surface area contributed by atoms with E-state index >= 15 is 0 Å². The van der Waals surface area contributed by atoms with Crippen LogP contribution in [-0.2, 0) is 6.42 Å². The number of hydrogen-bond donors (Lipinski definition) is 0. The first kappa shape index (κ1) is 10.7. The Kier molecular flexibility index (Phi) is 2.69. The molecule has 1 aliphatic carbocycles. The standard InChI is InChI=1S/C13H15NO2/c1-14(2)8-10-7-9-5-4-6-11(16-3)12(9)13(10)15/h4-6,8H,7H2,1-3H3. The lowest BCUT2D eigenvalue weighted by Crippen LogP contribution is -2.06. The normalized spacial score (nSPS) is 16.4. The number of carbonyl (C=O) groups excluding carboxylic acids is 1. The Hall–Kier alpha value is -1.77. The van der Waals surface area contributed by atoms with Gasteiger partial charge in [0.15, 0.2) is 5.78 Å². The fourth-order valence-electron chi connectivity index (χ4n) is 2.01. The zero-order valence-electron chi connectivity index (χ0n) is 9.78. The van der Waals surface area contributed by atoms with Crippen molar-refractivity contribution in [2.45, 2.75) is 6.42 Å². The number of benzene rings is 1. The second kappa shape index (κ2) is 4.00. The zero-order valence-corrected chi connectivity index (χ0v) is 9.78. The smallest absolute Gasteiger partial charge is 0.194 e. The number of fused-ring (bicyclic) bond motifs is 1. The van der Waals surface area contributed by atoms with Gasteiger partial charge in [-0.25, -0.2) is 0 Å². The van der Waals surface area contributed by atoms with E-state index in [0.717, 1.165) is 16.7 Å². The summed E-state index contributed by atoms with van der Waals surface area (Å²) in [5.74, 6) is 0.755. The maximum absolute atomic E-state index is 12.1. The molecule has 1 aliphatic rings. The minimum Gasteiger partial charge on any atom is -0.496 e. The van der Waals surface area contributed by atoms with Crippen molar-refractivity contribution in [1.29, 1.82) is 0 Å². The fraction of sp³-hybridized carbons (Fsp3) is 0.308. The van der Waals surface area contributed by atoms with Gasteiger partial charge in [0.25, 0.3) is 0 Å². The fourth-order valence-corrected chi connectivity index (χ4v) is 2.01. The van der Waals surface area contributed by atoms with Crippen molar-refractivity contribution in [2.75, 3.05) is 21.2 Å². The summed E-state index contributed by atoms with van der Waals surface area (Å²) >= 11 is 0. The molecule has 0 saturated heterocycles. The topological polar surface area (TPSA) is 29.5 Å². The van der Waals surface area contributed by atoms with Gasteiger partial charge >= 0.3 is 0 Å². The highest BCUT2D eigenvalue weighted by Gasteiger charge is 2.28. The zero-order chi connectivity index (χ0) is 11.7. The van der Waals surface area contributed by atoms with Crippen LogP contribution in [-0.4, -0.2) is 31.9 Å². The summed E-state index contributed by atoms with van der Waals surface area (Å²) in [6, 6.07) is 5.73. The number of hydrogen-bond acceptors (Lipinski definition) is 3. The van der Waals surface area contributed by atoms with Gasteiger partial charge in [-0.05, 0) is 11.6 Å². The molecule has 0 heterocycles. The second-order valence-electron chi connectivity index (χ2n) is 4.12. The lowest BCUT2D eigenvalue weighted by molar-refractivity contribution is 0.103. The largest absolute Gasteiger partial charge is 0.496 e. The first-order valence-corrected chi connectivity index (χ1v) is 5.21. The van der Waals surface area contributed by atoms with Gasteiger partial charge in [0.2, 0.25) is 0 Å². The molecule has 0 saturated carbocycles. The molecule has 0 aromatic heterocycles. The molecule has 2 rings (SSSR count). The number of nitrogens with zero attached hydrogens (tertiary/aromatic N) is 1. The predicted octanol–water partition coefficient (Wildman–Crippen LogP) is 1.88. The van der Waals surface area contributed by atoms with Gasteiger partial charge in [-0.3, -0.25) is 4.79 Å². The Labute approximate surface area is 95.3 Å². The van der Waals surface area contributed by atoms with Crippen molar-refractivity contribution in [1.82, 2.24) is 4.90 Å². The van der Waals surface area contributed by atoms with Crippen molar-refractivity contribution < 1.29 is 9.53 Å². The molecule has 1 aromatic carbocycles. The molecule has 3 nitrogen and oxygen atoms in total. The summed E-state index contributed by atoms with van der Waals surface area (Å²) in [5, 5.41) is 0. The van der Waals surface area contributed by atoms with Gasteiger partial charge in [0.1, 0.15) is 5.75 Å². The molecule has 0 radical (unpaired) electrons. The van der Waals surface area contributed by atoms with Gasteiger partial charge in [-0.2, -0.15) is 0 Å². The third-order valence-corrected chi connectivity index (χ3v) is 2.65. The van der Waals surface area contributed by atoms with E-state index in [0.29, 0.717) is 12.2 Å². The molecule has 0 N–H and O–H groups in total. The molecule has 1 aromatic rings. The monoisotopic (exact) mass is 217 g/mol. The van der Waals surface area contributed by atoms with Crippen LogP contribution in [0.2, 0.25) is 0 Å². The van der Waals surface area contributed by atoms with E-state index in [1.165, 1.54) is 0 Å². The van der Waals surface area contributed by atoms with E-state index < -0.39 is 0 Å². The second-order valence-corrected chi connectivity index (χ2v) is 4.12. The quantitative estimate of drug-likeness (QED) is 0.708. The van der Waals surface area contributed by atoms with Crippen LogP contribution in [0, 0.1) is 0 Å². The summed E-state index contributed by atoms with van der Waals surface area (Å²) in [6.07, 6.45) is 2.57. The minimum atomic E-state index is 0.0844. The van der Waals surface area contributed by atoms with Gasteiger partial charge < -0.3 is 9.64 Å². The molecule has 0 spiro atoms. The first-order valence-electron chi connectivity index (χ1n) is 5.21. The average Bonchev–Trinajstić information content (AvgIpc) is 2.55. The van der Waals surface area contributed by atoms with Crippen LogP contribution in [0.4, 0.5) is 0 Å². The highest BCUT2D eigenvalue weighted by molar-refractivity contribution is 6.14. The Morgan fingerprint density at radius 1 is 1.38 bits per heavy atom. The van der Waals surface area contributed by atoms with Crippen LogP contribution in [0.3, 0.4) is 0 Å². The van der Waals surface area contributed by atoms with Crippen LogP contribution in [0.25, 0.3) is 0 Å². The Balaban J connectivity index is 2.47.